The molecule has 2 aromatic heterocycles. The topological polar surface area (TPSA) is 82.3 Å². The summed E-state index contributed by atoms with van der Waals surface area (Å²) >= 11 is 9.69. The van der Waals surface area contributed by atoms with Crippen LogP contribution in [-0.4, -0.2) is 84.2 Å². The van der Waals surface area contributed by atoms with E-state index in [0.29, 0.717) is 34.3 Å². The maximum absolute atomic E-state index is 5.34. The zero-order chi connectivity index (χ0) is 19.4. The highest BCUT2D eigenvalue weighted by Crippen LogP contribution is 2.01. The number of H-pyrrole nitrogens is 2. The molecule has 0 amide bonds. The van der Waals surface area contributed by atoms with Crippen molar-refractivity contribution >= 4 is 24.4 Å². The Hall–Kier alpha value is -1.88. The highest BCUT2D eigenvalue weighted by atomic mass is 32.1. The van der Waals surface area contributed by atoms with Crippen LogP contribution >= 0.6 is 24.4 Å². The average Bonchev–Trinajstić information content (AvgIpc) is 2.58. The normalized spacial score (nSPS) is 10.4. The summed E-state index contributed by atoms with van der Waals surface area (Å²) in [5.41, 5.74) is 0. The number of nitrogens with one attached hydrogen (secondary N) is 2. The Morgan fingerprint density at radius 3 is 1.46 bits per heavy atom. The van der Waals surface area contributed by atoms with Gasteiger partial charge in [-0.3, -0.25) is 0 Å². The number of rotatable bonds is 8. The lowest BCUT2D eigenvalue weighted by atomic mass is 10.6. The summed E-state index contributed by atoms with van der Waals surface area (Å²) in [6, 6.07) is 0. The lowest BCUT2D eigenvalue weighted by Crippen LogP contribution is -2.19. The van der Waals surface area contributed by atoms with E-state index in [-0.39, 0.29) is 0 Å². The molecule has 2 N–H and O–H groups in total. The van der Waals surface area contributed by atoms with E-state index >= 15 is 0 Å². The van der Waals surface area contributed by atoms with Crippen LogP contribution < -0.4 is 9.47 Å². The number of ether oxygens (including phenoxy) is 2. The van der Waals surface area contributed by atoms with Gasteiger partial charge < -0.3 is 29.2 Å². The van der Waals surface area contributed by atoms with Gasteiger partial charge in [-0.05, 0) is 28.2 Å². The largest absolute Gasteiger partial charge is 0.475 e. The molecule has 2 aromatic rings. The fourth-order valence-electron chi connectivity index (χ4n) is 1.48. The summed E-state index contributed by atoms with van der Waals surface area (Å²) in [7, 11) is 7.98. The van der Waals surface area contributed by atoms with E-state index in [0.717, 1.165) is 13.1 Å². The molecule has 0 bridgehead atoms. The van der Waals surface area contributed by atoms with Crippen LogP contribution in [0.25, 0.3) is 0 Å². The van der Waals surface area contributed by atoms with Crippen LogP contribution in [0.3, 0.4) is 0 Å². The third-order valence-electron chi connectivity index (χ3n) is 2.87. The molecule has 10 heteroatoms. The van der Waals surface area contributed by atoms with E-state index in [9.17, 15) is 0 Å². The van der Waals surface area contributed by atoms with Crippen molar-refractivity contribution in [3.8, 4) is 11.8 Å². The minimum atomic E-state index is 0.579. The Balaban J connectivity index is 0.000000260. The second-order valence-electron chi connectivity index (χ2n) is 5.80. The van der Waals surface area contributed by atoms with E-state index in [2.05, 4.69) is 19.9 Å². The van der Waals surface area contributed by atoms with E-state index in [4.69, 9.17) is 33.9 Å². The molecule has 8 nitrogen and oxygen atoms in total. The van der Waals surface area contributed by atoms with Gasteiger partial charge in [0.1, 0.15) is 22.5 Å². The number of aromatic nitrogens is 4. The second kappa shape index (κ2) is 12.5. The minimum absolute atomic E-state index is 0.579. The number of nitrogens with zero attached hydrogens (tertiary/aromatic N) is 4. The molecular formula is C16H26N6O2S2. The van der Waals surface area contributed by atoms with Crippen LogP contribution in [0.5, 0.6) is 11.8 Å². The summed E-state index contributed by atoms with van der Waals surface area (Å²) in [6.45, 7) is 3.00. The van der Waals surface area contributed by atoms with Crippen LogP contribution in [0.2, 0.25) is 0 Å². The van der Waals surface area contributed by atoms with Gasteiger partial charge in [0.25, 0.3) is 0 Å². The Morgan fingerprint density at radius 2 is 1.19 bits per heavy atom. The molecule has 0 atom stereocenters. The van der Waals surface area contributed by atoms with Gasteiger partial charge in [-0.25, -0.2) is 9.97 Å². The predicted octanol–water partition coefficient (Wildman–Crippen LogP) is 2.16. The van der Waals surface area contributed by atoms with Crippen molar-refractivity contribution in [3.05, 3.63) is 34.1 Å². The molecule has 0 radical (unpaired) electrons. The van der Waals surface area contributed by atoms with E-state index < -0.39 is 0 Å². The molecule has 0 saturated carbocycles. The standard InChI is InChI=1S/2C8H13N3OS/c2*1-11(2)3-4-12-7-5-10-8(13)6-9-7/h2*5-6H,3-4H2,1-2H3,(H,10,13). The van der Waals surface area contributed by atoms with Crippen LogP contribution in [-0.2, 0) is 0 Å². The molecule has 2 heterocycles. The fraction of sp³-hybridized carbons (Fsp3) is 0.500. The Bertz CT molecular complexity index is 644. The number of aromatic amines is 2. The van der Waals surface area contributed by atoms with Crippen molar-refractivity contribution < 1.29 is 9.47 Å². The summed E-state index contributed by atoms with van der Waals surface area (Å²) in [4.78, 5) is 17.8. The second-order valence-corrected chi connectivity index (χ2v) is 6.68. The zero-order valence-electron chi connectivity index (χ0n) is 15.6. The lowest BCUT2D eigenvalue weighted by molar-refractivity contribution is 0.253. The van der Waals surface area contributed by atoms with Crippen molar-refractivity contribution in [2.45, 2.75) is 0 Å². The quantitative estimate of drug-likeness (QED) is 0.655. The SMILES string of the molecule is CN(C)CCOc1c[nH]c(=S)cn1.CN(C)CCOc1c[nH]c(=S)cn1. The van der Waals surface area contributed by atoms with Crippen molar-refractivity contribution in [2.24, 2.45) is 0 Å². The molecule has 0 saturated heterocycles. The van der Waals surface area contributed by atoms with Crippen LogP contribution in [0, 0.1) is 9.28 Å². The minimum Gasteiger partial charge on any atom is -0.475 e. The van der Waals surface area contributed by atoms with Gasteiger partial charge in [0.2, 0.25) is 11.8 Å². The lowest BCUT2D eigenvalue weighted by Gasteiger charge is -2.09. The molecule has 2 rings (SSSR count). The first-order valence-electron chi connectivity index (χ1n) is 8.01. The summed E-state index contributed by atoms with van der Waals surface area (Å²) in [5.74, 6) is 1.16. The van der Waals surface area contributed by atoms with Gasteiger partial charge in [-0.15, -0.1) is 0 Å². The molecule has 0 aliphatic heterocycles. The smallest absolute Gasteiger partial charge is 0.230 e. The predicted molar refractivity (Wildman–Crippen MR) is 107 cm³/mol. The first kappa shape index (κ1) is 22.2. The molecule has 0 aliphatic carbocycles. The van der Waals surface area contributed by atoms with Crippen molar-refractivity contribution in [3.63, 3.8) is 0 Å². The summed E-state index contributed by atoms with van der Waals surface area (Å²) < 4.78 is 11.9. The zero-order valence-corrected chi connectivity index (χ0v) is 17.2. The first-order chi connectivity index (χ1) is 12.4. The molecule has 0 aliphatic rings. The van der Waals surface area contributed by atoms with Gasteiger partial charge in [-0.1, -0.05) is 24.4 Å². The number of likely N-dealkylation sites (N-methyl/N-ethyl adjacent to an activating group) is 2. The maximum atomic E-state index is 5.34. The van der Waals surface area contributed by atoms with Crippen LogP contribution in [0.4, 0.5) is 0 Å². The van der Waals surface area contributed by atoms with Gasteiger partial charge >= 0.3 is 0 Å². The first-order valence-corrected chi connectivity index (χ1v) is 8.83. The van der Waals surface area contributed by atoms with Gasteiger partial charge in [-0.2, -0.15) is 0 Å². The third kappa shape index (κ3) is 10.9. The molecule has 144 valence electrons. The molecule has 26 heavy (non-hydrogen) atoms. The monoisotopic (exact) mass is 398 g/mol. The Kier molecular flexibility index (Phi) is 10.6. The summed E-state index contributed by atoms with van der Waals surface area (Å²) in [6.07, 6.45) is 6.47. The molecular weight excluding hydrogens is 372 g/mol. The van der Waals surface area contributed by atoms with E-state index in [1.54, 1.807) is 24.8 Å². The number of hydrogen-bond donors (Lipinski definition) is 2. The molecule has 0 unspecified atom stereocenters. The fourth-order valence-corrected chi connectivity index (χ4v) is 1.71. The number of hydrogen-bond acceptors (Lipinski definition) is 8. The van der Waals surface area contributed by atoms with Crippen LogP contribution in [0.15, 0.2) is 24.8 Å². The van der Waals surface area contributed by atoms with E-state index in [1.165, 1.54) is 0 Å². The Labute approximate surface area is 164 Å². The molecule has 0 spiro atoms. The highest BCUT2D eigenvalue weighted by Gasteiger charge is 1.95. The highest BCUT2D eigenvalue weighted by molar-refractivity contribution is 7.71. The molecule has 0 aromatic carbocycles. The van der Waals surface area contributed by atoms with Crippen molar-refractivity contribution in [2.75, 3.05) is 54.5 Å². The molecule has 0 fully saturated rings. The van der Waals surface area contributed by atoms with E-state index in [1.807, 2.05) is 38.0 Å². The third-order valence-corrected chi connectivity index (χ3v) is 3.32. The van der Waals surface area contributed by atoms with Gasteiger partial charge in [0.15, 0.2) is 0 Å². The van der Waals surface area contributed by atoms with Crippen molar-refractivity contribution in [1.29, 1.82) is 0 Å². The maximum Gasteiger partial charge on any atom is 0.230 e. The van der Waals surface area contributed by atoms with Crippen molar-refractivity contribution in [1.82, 2.24) is 29.7 Å². The summed E-state index contributed by atoms with van der Waals surface area (Å²) in [5, 5.41) is 0. The van der Waals surface area contributed by atoms with Crippen LogP contribution in [0.1, 0.15) is 0 Å². The van der Waals surface area contributed by atoms with Gasteiger partial charge in [0.05, 0.1) is 24.8 Å². The van der Waals surface area contributed by atoms with Gasteiger partial charge in [0, 0.05) is 13.1 Å². The average molecular weight is 399 g/mol. The Morgan fingerprint density at radius 1 is 0.808 bits per heavy atom.